The summed E-state index contributed by atoms with van der Waals surface area (Å²) in [5, 5.41) is 3.39. The Hall–Kier alpha value is -0.390. The first-order valence-corrected chi connectivity index (χ1v) is 8.15. The van der Waals surface area contributed by atoms with Crippen LogP contribution < -0.4 is 5.32 Å². The predicted octanol–water partition coefficient (Wildman–Crippen LogP) is 3.03. The fourth-order valence-electron chi connectivity index (χ4n) is 3.32. The number of hydrogen-bond acceptors (Lipinski definition) is 2. The molecule has 1 amide bonds. The van der Waals surface area contributed by atoms with Crippen LogP contribution >= 0.6 is 31.9 Å². The number of nitrogens with zero attached hydrogens (tertiary/aromatic N) is 1. The Morgan fingerprint density at radius 3 is 2.89 bits per heavy atom. The molecular weight excluding hydrogens is 372 g/mol. The molecule has 3 rings (SSSR count). The minimum absolute atomic E-state index is 0.142. The maximum atomic E-state index is 12.8. The molecule has 2 aliphatic heterocycles. The zero-order valence-corrected chi connectivity index (χ0v) is 13.9. The zero-order valence-electron chi connectivity index (χ0n) is 10.7. The van der Waals surface area contributed by atoms with Crippen LogP contribution in [0.2, 0.25) is 0 Å². The molecule has 3 atom stereocenters. The van der Waals surface area contributed by atoms with Crippen LogP contribution in [0.25, 0.3) is 0 Å². The first kappa shape index (κ1) is 13.6. The minimum Gasteiger partial charge on any atom is -0.331 e. The lowest BCUT2D eigenvalue weighted by Crippen LogP contribution is -2.42. The van der Waals surface area contributed by atoms with Crippen molar-refractivity contribution in [2.75, 3.05) is 13.1 Å². The highest BCUT2D eigenvalue weighted by Gasteiger charge is 2.44. The smallest absolute Gasteiger partial charge is 0.255 e. The molecule has 1 aromatic carbocycles. The van der Waals surface area contributed by atoms with E-state index in [9.17, 15) is 4.79 Å². The standard InChI is InChI=1S/C14H16Br2N2O/c1-8-4-9-6-17-7-13(9)18(8)14(19)11-3-2-10(15)5-12(11)16/h2-3,5,8-9,13,17H,4,6-7H2,1H3. The van der Waals surface area contributed by atoms with Crippen molar-refractivity contribution in [1.82, 2.24) is 10.2 Å². The van der Waals surface area contributed by atoms with E-state index in [-0.39, 0.29) is 5.91 Å². The first-order chi connectivity index (χ1) is 9.08. The van der Waals surface area contributed by atoms with E-state index in [1.54, 1.807) is 0 Å². The molecule has 3 unspecified atom stereocenters. The van der Waals surface area contributed by atoms with E-state index in [0.29, 0.717) is 18.0 Å². The summed E-state index contributed by atoms with van der Waals surface area (Å²) < 4.78 is 1.83. The highest BCUT2D eigenvalue weighted by Crippen LogP contribution is 2.34. The second-order valence-corrected chi connectivity index (χ2v) is 7.18. The second kappa shape index (κ2) is 5.19. The average Bonchev–Trinajstić information content (AvgIpc) is 2.87. The SMILES string of the molecule is CC1CC2CNCC2N1C(=O)c1ccc(Br)cc1Br. The molecule has 5 heteroatoms. The number of hydrogen-bond donors (Lipinski definition) is 1. The van der Waals surface area contributed by atoms with Crippen molar-refractivity contribution in [3.8, 4) is 0 Å². The van der Waals surface area contributed by atoms with Gasteiger partial charge in [-0.15, -0.1) is 0 Å². The Kier molecular flexibility index (Phi) is 3.71. The normalized spacial score (nSPS) is 29.6. The molecule has 0 aliphatic carbocycles. The van der Waals surface area contributed by atoms with E-state index in [1.807, 2.05) is 18.2 Å². The molecule has 19 heavy (non-hydrogen) atoms. The molecule has 3 nitrogen and oxygen atoms in total. The highest BCUT2D eigenvalue weighted by atomic mass is 79.9. The largest absolute Gasteiger partial charge is 0.331 e. The van der Waals surface area contributed by atoms with Crippen LogP contribution in [0.5, 0.6) is 0 Å². The highest BCUT2D eigenvalue weighted by molar-refractivity contribution is 9.11. The molecule has 2 heterocycles. The number of carbonyl (C=O) groups is 1. The molecule has 0 bridgehead atoms. The Morgan fingerprint density at radius 1 is 1.37 bits per heavy atom. The van der Waals surface area contributed by atoms with Crippen molar-refractivity contribution >= 4 is 37.8 Å². The zero-order chi connectivity index (χ0) is 13.6. The Morgan fingerprint density at radius 2 is 2.16 bits per heavy atom. The van der Waals surface area contributed by atoms with E-state index in [1.165, 1.54) is 0 Å². The lowest BCUT2D eigenvalue weighted by atomic mass is 10.0. The van der Waals surface area contributed by atoms with Gasteiger partial charge in [0, 0.05) is 34.1 Å². The average molecular weight is 388 g/mol. The van der Waals surface area contributed by atoms with E-state index in [2.05, 4.69) is 49.0 Å². The van der Waals surface area contributed by atoms with Crippen LogP contribution in [0, 0.1) is 5.92 Å². The molecule has 0 spiro atoms. The van der Waals surface area contributed by atoms with Crippen LogP contribution in [0.15, 0.2) is 27.1 Å². The fraction of sp³-hybridized carbons (Fsp3) is 0.500. The van der Waals surface area contributed by atoms with Crippen molar-refractivity contribution in [2.24, 2.45) is 5.92 Å². The predicted molar refractivity (Wildman–Crippen MR) is 82.2 cm³/mol. The van der Waals surface area contributed by atoms with E-state index >= 15 is 0 Å². The summed E-state index contributed by atoms with van der Waals surface area (Å²) in [7, 11) is 0. The fourth-order valence-corrected chi connectivity index (χ4v) is 4.53. The Labute approximate surface area is 130 Å². The Bertz CT molecular complexity index is 520. The third kappa shape index (κ3) is 2.36. The van der Waals surface area contributed by atoms with Crippen molar-refractivity contribution in [2.45, 2.75) is 25.4 Å². The summed E-state index contributed by atoms with van der Waals surface area (Å²) >= 11 is 6.92. The summed E-state index contributed by atoms with van der Waals surface area (Å²) in [6.07, 6.45) is 1.11. The number of likely N-dealkylation sites (tertiary alicyclic amines) is 1. The van der Waals surface area contributed by atoms with Crippen molar-refractivity contribution < 1.29 is 4.79 Å². The van der Waals surface area contributed by atoms with Crippen LogP contribution in [-0.4, -0.2) is 36.0 Å². The number of halogens is 2. The van der Waals surface area contributed by atoms with Gasteiger partial charge in [-0.05, 0) is 53.4 Å². The van der Waals surface area contributed by atoms with Crippen LogP contribution in [0.3, 0.4) is 0 Å². The monoisotopic (exact) mass is 386 g/mol. The minimum atomic E-state index is 0.142. The molecule has 0 aromatic heterocycles. The number of carbonyl (C=O) groups excluding carboxylic acids is 1. The molecule has 2 saturated heterocycles. The van der Waals surface area contributed by atoms with Gasteiger partial charge in [-0.25, -0.2) is 0 Å². The molecule has 2 aliphatic rings. The van der Waals surface area contributed by atoms with Crippen molar-refractivity contribution in [3.63, 3.8) is 0 Å². The summed E-state index contributed by atoms with van der Waals surface area (Å²) in [6, 6.07) is 6.43. The van der Waals surface area contributed by atoms with E-state index < -0.39 is 0 Å². The first-order valence-electron chi connectivity index (χ1n) is 6.56. The Balaban J connectivity index is 1.90. The second-order valence-electron chi connectivity index (χ2n) is 5.41. The molecule has 102 valence electrons. The maximum Gasteiger partial charge on any atom is 0.255 e. The lowest BCUT2D eigenvalue weighted by Gasteiger charge is -2.28. The topological polar surface area (TPSA) is 32.3 Å². The molecule has 2 fully saturated rings. The quantitative estimate of drug-likeness (QED) is 0.803. The molecular formula is C14H16Br2N2O. The maximum absolute atomic E-state index is 12.8. The number of benzene rings is 1. The van der Waals surface area contributed by atoms with Gasteiger partial charge in [0.1, 0.15) is 0 Å². The summed E-state index contributed by atoms with van der Waals surface area (Å²) in [6.45, 7) is 4.12. The van der Waals surface area contributed by atoms with Crippen LogP contribution in [-0.2, 0) is 0 Å². The third-order valence-electron chi connectivity index (χ3n) is 4.18. The molecule has 1 aromatic rings. The number of nitrogens with one attached hydrogen (secondary N) is 1. The lowest BCUT2D eigenvalue weighted by molar-refractivity contribution is 0.0681. The van der Waals surface area contributed by atoms with Gasteiger partial charge in [0.15, 0.2) is 0 Å². The van der Waals surface area contributed by atoms with Gasteiger partial charge in [0.2, 0.25) is 0 Å². The summed E-state index contributed by atoms with van der Waals surface area (Å²) in [4.78, 5) is 14.9. The third-order valence-corrected chi connectivity index (χ3v) is 5.33. The van der Waals surface area contributed by atoms with E-state index in [4.69, 9.17) is 0 Å². The van der Waals surface area contributed by atoms with Gasteiger partial charge in [0.05, 0.1) is 5.56 Å². The van der Waals surface area contributed by atoms with Gasteiger partial charge >= 0.3 is 0 Å². The van der Waals surface area contributed by atoms with Gasteiger partial charge in [-0.2, -0.15) is 0 Å². The van der Waals surface area contributed by atoms with Crippen molar-refractivity contribution in [3.05, 3.63) is 32.7 Å². The number of rotatable bonds is 1. The molecule has 0 saturated carbocycles. The van der Waals surface area contributed by atoms with Gasteiger partial charge in [-0.1, -0.05) is 15.9 Å². The number of fused-ring (bicyclic) bond motifs is 1. The molecule has 0 radical (unpaired) electrons. The van der Waals surface area contributed by atoms with Crippen LogP contribution in [0.1, 0.15) is 23.7 Å². The molecule has 1 N–H and O–H groups in total. The van der Waals surface area contributed by atoms with E-state index in [0.717, 1.165) is 34.0 Å². The number of amides is 1. The van der Waals surface area contributed by atoms with Gasteiger partial charge in [0.25, 0.3) is 5.91 Å². The summed E-state index contributed by atoms with van der Waals surface area (Å²) in [5.41, 5.74) is 0.752. The van der Waals surface area contributed by atoms with Gasteiger partial charge < -0.3 is 10.2 Å². The van der Waals surface area contributed by atoms with Gasteiger partial charge in [-0.3, -0.25) is 4.79 Å². The summed E-state index contributed by atoms with van der Waals surface area (Å²) in [5.74, 6) is 0.760. The van der Waals surface area contributed by atoms with Crippen LogP contribution in [0.4, 0.5) is 0 Å². The van der Waals surface area contributed by atoms with Crippen molar-refractivity contribution in [1.29, 1.82) is 0 Å².